The van der Waals surface area contributed by atoms with Crippen molar-refractivity contribution >= 4 is 0 Å². The molecular weight excluding hydrogens is 176 g/mol. The summed E-state index contributed by atoms with van der Waals surface area (Å²) >= 11 is 0. The van der Waals surface area contributed by atoms with Gasteiger partial charge in [0.25, 0.3) is 0 Å². The van der Waals surface area contributed by atoms with Gasteiger partial charge in [-0.3, -0.25) is 0 Å². The van der Waals surface area contributed by atoms with E-state index in [0.717, 1.165) is 5.56 Å². The molecule has 2 nitrogen and oxygen atoms in total. The second-order valence-electron chi connectivity index (χ2n) is 3.30. The fraction of sp³-hybridized carbons (Fsp3) is 0.333. The Morgan fingerprint density at radius 1 is 1.29 bits per heavy atom. The standard InChI is InChI=1S/C12H16O2/c1-10(12(14)8-5-9-13)11-6-3-2-4-7-11/h2-8,10,12-14H,9H2,1H3/b8-5+/t10-,12-/m0/s1. The zero-order chi connectivity index (χ0) is 10.4. The van der Waals surface area contributed by atoms with Gasteiger partial charge in [0.15, 0.2) is 0 Å². The number of rotatable bonds is 4. The minimum absolute atomic E-state index is 0.0292. The Hall–Kier alpha value is -1.12. The van der Waals surface area contributed by atoms with Crippen LogP contribution in [0.3, 0.4) is 0 Å². The van der Waals surface area contributed by atoms with Gasteiger partial charge in [-0.05, 0) is 5.56 Å². The van der Waals surface area contributed by atoms with Crippen LogP contribution in [0.1, 0.15) is 18.4 Å². The second kappa shape index (κ2) is 5.58. The summed E-state index contributed by atoms with van der Waals surface area (Å²) in [7, 11) is 0. The molecule has 0 unspecified atom stereocenters. The van der Waals surface area contributed by atoms with Crippen LogP contribution in [0, 0.1) is 0 Å². The fourth-order valence-corrected chi connectivity index (χ4v) is 1.32. The number of aliphatic hydroxyl groups is 2. The van der Waals surface area contributed by atoms with Crippen LogP contribution in [0.4, 0.5) is 0 Å². The van der Waals surface area contributed by atoms with Gasteiger partial charge in [0.05, 0.1) is 12.7 Å². The number of hydrogen-bond donors (Lipinski definition) is 2. The molecule has 76 valence electrons. The zero-order valence-electron chi connectivity index (χ0n) is 8.30. The van der Waals surface area contributed by atoms with E-state index in [2.05, 4.69) is 0 Å². The summed E-state index contributed by atoms with van der Waals surface area (Å²) in [5, 5.41) is 18.3. The highest BCUT2D eigenvalue weighted by molar-refractivity contribution is 5.21. The van der Waals surface area contributed by atoms with Gasteiger partial charge in [0.1, 0.15) is 0 Å². The van der Waals surface area contributed by atoms with Gasteiger partial charge in [0.2, 0.25) is 0 Å². The summed E-state index contributed by atoms with van der Waals surface area (Å²) in [6, 6.07) is 9.83. The van der Waals surface area contributed by atoms with Crippen molar-refractivity contribution in [2.45, 2.75) is 18.9 Å². The van der Waals surface area contributed by atoms with E-state index >= 15 is 0 Å². The fourth-order valence-electron chi connectivity index (χ4n) is 1.32. The first kappa shape index (κ1) is 11.0. The largest absolute Gasteiger partial charge is 0.392 e. The van der Waals surface area contributed by atoms with Crippen LogP contribution in [0.15, 0.2) is 42.5 Å². The van der Waals surface area contributed by atoms with E-state index in [9.17, 15) is 5.11 Å². The quantitative estimate of drug-likeness (QED) is 0.713. The first-order chi connectivity index (χ1) is 6.75. The van der Waals surface area contributed by atoms with Gasteiger partial charge in [-0.1, -0.05) is 49.4 Å². The van der Waals surface area contributed by atoms with Gasteiger partial charge < -0.3 is 10.2 Å². The van der Waals surface area contributed by atoms with Gasteiger partial charge in [-0.25, -0.2) is 0 Å². The van der Waals surface area contributed by atoms with E-state index in [1.165, 1.54) is 0 Å². The van der Waals surface area contributed by atoms with Crippen LogP contribution >= 0.6 is 0 Å². The maximum Gasteiger partial charge on any atom is 0.0787 e. The molecule has 0 spiro atoms. The summed E-state index contributed by atoms with van der Waals surface area (Å²) in [5.41, 5.74) is 1.10. The summed E-state index contributed by atoms with van der Waals surface area (Å²) in [6.07, 6.45) is 2.64. The Labute approximate surface area is 84.5 Å². The topological polar surface area (TPSA) is 40.5 Å². The Kier molecular flexibility index (Phi) is 4.36. The van der Waals surface area contributed by atoms with E-state index < -0.39 is 6.10 Å². The molecule has 0 fully saturated rings. The molecule has 14 heavy (non-hydrogen) atoms. The van der Waals surface area contributed by atoms with Crippen LogP contribution in [0.5, 0.6) is 0 Å². The molecule has 0 bridgehead atoms. The molecule has 0 saturated carbocycles. The van der Waals surface area contributed by atoms with E-state index in [0.29, 0.717) is 0 Å². The normalized spacial score (nSPS) is 15.6. The highest BCUT2D eigenvalue weighted by Crippen LogP contribution is 2.19. The smallest absolute Gasteiger partial charge is 0.0787 e. The lowest BCUT2D eigenvalue weighted by atomic mass is 9.95. The lowest BCUT2D eigenvalue weighted by Crippen LogP contribution is -2.12. The molecule has 2 N–H and O–H groups in total. The van der Waals surface area contributed by atoms with Crippen LogP contribution in [0.2, 0.25) is 0 Å². The van der Waals surface area contributed by atoms with Crippen LogP contribution < -0.4 is 0 Å². The van der Waals surface area contributed by atoms with E-state index in [1.807, 2.05) is 37.3 Å². The average Bonchev–Trinajstić information content (AvgIpc) is 2.26. The Bertz CT molecular complexity index is 280. The lowest BCUT2D eigenvalue weighted by Gasteiger charge is -2.15. The zero-order valence-corrected chi connectivity index (χ0v) is 8.30. The SMILES string of the molecule is C[C@@H](c1ccccc1)[C@@H](O)/C=C/CO. The van der Waals surface area contributed by atoms with Crippen molar-refractivity contribution in [3.63, 3.8) is 0 Å². The molecule has 2 heteroatoms. The summed E-state index contributed by atoms with van der Waals surface area (Å²) in [4.78, 5) is 0. The predicted molar refractivity (Wildman–Crippen MR) is 57.1 cm³/mol. The average molecular weight is 192 g/mol. The van der Waals surface area contributed by atoms with Gasteiger partial charge in [0, 0.05) is 5.92 Å². The first-order valence-corrected chi connectivity index (χ1v) is 4.76. The predicted octanol–water partition coefficient (Wildman–Crippen LogP) is 1.70. The molecule has 0 aliphatic carbocycles. The van der Waals surface area contributed by atoms with Crippen molar-refractivity contribution in [1.82, 2.24) is 0 Å². The minimum Gasteiger partial charge on any atom is -0.392 e. The molecule has 1 rings (SSSR count). The Balaban J connectivity index is 2.65. The van der Waals surface area contributed by atoms with Crippen LogP contribution in [-0.4, -0.2) is 22.9 Å². The third-order valence-corrected chi connectivity index (χ3v) is 2.28. The summed E-state index contributed by atoms with van der Waals surface area (Å²) in [6.45, 7) is 1.93. The highest BCUT2D eigenvalue weighted by Gasteiger charge is 2.12. The molecule has 0 radical (unpaired) electrons. The molecule has 1 aromatic rings. The van der Waals surface area contributed by atoms with E-state index in [4.69, 9.17) is 5.11 Å². The van der Waals surface area contributed by atoms with E-state index in [-0.39, 0.29) is 12.5 Å². The van der Waals surface area contributed by atoms with Crippen molar-refractivity contribution in [1.29, 1.82) is 0 Å². The molecule has 0 amide bonds. The minimum atomic E-state index is -0.537. The van der Waals surface area contributed by atoms with E-state index in [1.54, 1.807) is 12.2 Å². The molecule has 0 aliphatic heterocycles. The first-order valence-electron chi connectivity index (χ1n) is 4.76. The van der Waals surface area contributed by atoms with Crippen molar-refractivity contribution < 1.29 is 10.2 Å². The monoisotopic (exact) mass is 192 g/mol. The van der Waals surface area contributed by atoms with Gasteiger partial charge in [-0.2, -0.15) is 0 Å². The van der Waals surface area contributed by atoms with Gasteiger partial charge in [-0.15, -0.1) is 0 Å². The molecule has 0 saturated heterocycles. The highest BCUT2D eigenvalue weighted by atomic mass is 16.3. The third kappa shape index (κ3) is 2.98. The van der Waals surface area contributed by atoms with Gasteiger partial charge >= 0.3 is 0 Å². The molecule has 1 aromatic carbocycles. The molecular formula is C12H16O2. The third-order valence-electron chi connectivity index (χ3n) is 2.28. The lowest BCUT2D eigenvalue weighted by molar-refractivity contribution is 0.195. The molecule has 0 aliphatic rings. The van der Waals surface area contributed by atoms with Crippen LogP contribution in [0.25, 0.3) is 0 Å². The maximum atomic E-state index is 9.70. The Morgan fingerprint density at radius 3 is 2.50 bits per heavy atom. The molecule has 0 heterocycles. The summed E-state index contributed by atoms with van der Waals surface area (Å²) < 4.78 is 0. The molecule has 0 aromatic heterocycles. The van der Waals surface area contributed by atoms with Crippen LogP contribution in [-0.2, 0) is 0 Å². The second-order valence-corrected chi connectivity index (χ2v) is 3.30. The van der Waals surface area contributed by atoms with Crippen molar-refractivity contribution in [2.75, 3.05) is 6.61 Å². The molecule has 2 atom stereocenters. The maximum absolute atomic E-state index is 9.70. The number of hydrogen-bond acceptors (Lipinski definition) is 2. The number of aliphatic hydroxyl groups excluding tert-OH is 2. The van der Waals surface area contributed by atoms with Crippen molar-refractivity contribution in [3.05, 3.63) is 48.0 Å². The summed E-state index contributed by atoms with van der Waals surface area (Å²) in [5.74, 6) is 0.0546. The number of benzene rings is 1. The Morgan fingerprint density at radius 2 is 1.93 bits per heavy atom. The van der Waals surface area contributed by atoms with Crippen molar-refractivity contribution in [3.8, 4) is 0 Å². The van der Waals surface area contributed by atoms with Crippen molar-refractivity contribution in [2.24, 2.45) is 0 Å².